The van der Waals surface area contributed by atoms with Crippen LogP contribution in [0.4, 0.5) is 11.5 Å². The van der Waals surface area contributed by atoms with Crippen LogP contribution in [0.1, 0.15) is 60.3 Å². The summed E-state index contributed by atoms with van der Waals surface area (Å²) in [7, 11) is 3.27. The van der Waals surface area contributed by atoms with E-state index in [1.807, 2.05) is 77.7 Å². The molecule has 0 saturated heterocycles. The van der Waals surface area contributed by atoms with Gasteiger partial charge >= 0.3 is 0 Å². The molecule has 1 aliphatic rings. The van der Waals surface area contributed by atoms with Crippen molar-refractivity contribution in [2.45, 2.75) is 45.2 Å². The van der Waals surface area contributed by atoms with E-state index in [9.17, 15) is 4.79 Å². The summed E-state index contributed by atoms with van der Waals surface area (Å²) in [6, 6.07) is 17.0. The molecule has 1 fully saturated rings. The first kappa shape index (κ1) is 30.8. The number of pyridine rings is 1. The number of nitrogens with one attached hydrogen (secondary N) is 2. The van der Waals surface area contributed by atoms with E-state index in [0.717, 1.165) is 29.8 Å². The molecule has 1 aliphatic carbocycles. The summed E-state index contributed by atoms with van der Waals surface area (Å²) >= 11 is 0. The molecule has 46 heavy (non-hydrogen) atoms. The normalized spacial score (nSPS) is 12.7. The summed E-state index contributed by atoms with van der Waals surface area (Å²) in [5.74, 6) is 2.53. The highest BCUT2D eigenvalue weighted by Crippen LogP contribution is 2.40. The molecule has 3 aromatic heterocycles. The minimum atomic E-state index is -0.334. The van der Waals surface area contributed by atoms with Gasteiger partial charge in [0.25, 0.3) is 5.91 Å². The second kappa shape index (κ2) is 13.8. The molecule has 0 spiro atoms. The van der Waals surface area contributed by atoms with Crippen LogP contribution in [0.5, 0.6) is 11.5 Å². The van der Waals surface area contributed by atoms with Crippen LogP contribution >= 0.6 is 0 Å². The Balaban J connectivity index is 1.35. The monoisotopic (exact) mass is 622 g/mol. The Hall–Kier alpha value is -5.23. The lowest BCUT2D eigenvalue weighted by atomic mass is 10.1. The Labute approximate surface area is 267 Å². The molecule has 0 bridgehead atoms. The van der Waals surface area contributed by atoms with Gasteiger partial charge in [0.2, 0.25) is 0 Å². The van der Waals surface area contributed by atoms with Gasteiger partial charge < -0.3 is 34.0 Å². The molecule has 12 heteroatoms. The minimum absolute atomic E-state index is 0.149. The number of amides is 1. The third kappa shape index (κ3) is 7.02. The number of nitrogens with zero attached hydrogens (tertiary/aromatic N) is 6. The fourth-order valence-electron chi connectivity index (χ4n) is 5.07. The van der Waals surface area contributed by atoms with E-state index >= 15 is 0 Å². The van der Waals surface area contributed by atoms with Gasteiger partial charge in [-0.1, -0.05) is 18.2 Å². The van der Waals surface area contributed by atoms with E-state index in [2.05, 4.69) is 25.8 Å². The average Bonchev–Trinajstić information content (AvgIpc) is 3.58. The molecular formula is C34H38N8O4. The standard InChI is InChI=1S/C34H38N8O4/c1-22(2)42-21-37-40-33(42)27-6-5-7-32(38-27)39-34(43)26-16-30(41-19-29(36-20-41)24-10-11-24)31(46-15-14-44-3)17-28(26)35-18-23-8-12-25(45-4)13-9-23/h5-9,12-13,16-17,19-22,24,35H,10-11,14-15,18H2,1-4H3,(H,38,39,43). The van der Waals surface area contributed by atoms with Crippen LogP contribution in [0.2, 0.25) is 0 Å². The SMILES string of the molecule is COCCOc1cc(NCc2ccc(OC)cc2)c(C(=O)Nc2cccc(-c3nncn3C(C)C)n2)cc1-n1cnc(C2CC2)c1. The highest BCUT2D eigenvalue weighted by molar-refractivity contribution is 6.08. The Morgan fingerprint density at radius 3 is 2.61 bits per heavy atom. The molecule has 0 unspecified atom stereocenters. The smallest absolute Gasteiger partial charge is 0.258 e. The van der Waals surface area contributed by atoms with Crippen molar-refractivity contribution in [2.24, 2.45) is 0 Å². The zero-order chi connectivity index (χ0) is 32.0. The van der Waals surface area contributed by atoms with Gasteiger partial charge in [-0.05, 0) is 62.6 Å². The van der Waals surface area contributed by atoms with Gasteiger partial charge in [0, 0.05) is 37.9 Å². The maximum Gasteiger partial charge on any atom is 0.258 e. The van der Waals surface area contributed by atoms with Gasteiger partial charge in [0.1, 0.15) is 35.9 Å². The van der Waals surface area contributed by atoms with Gasteiger partial charge in [0.15, 0.2) is 5.82 Å². The summed E-state index contributed by atoms with van der Waals surface area (Å²) in [5, 5.41) is 14.8. The molecule has 1 amide bonds. The van der Waals surface area contributed by atoms with E-state index < -0.39 is 0 Å². The molecule has 0 atom stereocenters. The third-order valence-corrected chi connectivity index (χ3v) is 7.76. The lowest BCUT2D eigenvalue weighted by Gasteiger charge is -2.19. The van der Waals surface area contributed by atoms with Crippen LogP contribution < -0.4 is 20.1 Å². The quantitative estimate of drug-likeness (QED) is 0.146. The number of benzene rings is 2. The molecule has 2 aromatic carbocycles. The van der Waals surface area contributed by atoms with Gasteiger partial charge in [-0.15, -0.1) is 10.2 Å². The van der Waals surface area contributed by atoms with Crippen LogP contribution in [-0.2, 0) is 11.3 Å². The summed E-state index contributed by atoms with van der Waals surface area (Å²) < 4.78 is 20.6. The molecule has 0 radical (unpaired) electrons. The topological polar surface area (TPSA) is 130 Å². The van der Waals surface area contributed by atoms with Crippen molar-refractivity contribution in [1.29, 1.82) is 0 Å². The minimum Gasteiger partial charge on any atom is -0.497 e. The van der Waals surface area contributed by atoms with Gasteiger partial charge in [-0.25, -0.2) is 9.97 Å². The zero-order valence-electron chi connectivity index (χ0n) is 26.4. The molecule has 5 aromatic rings. The van der Waals surface area contributed by atoms with Crippen LogP contribution in [0.25, 0.3) is 17.2 Å². The molecule has 3 heterocycles. The molecule has 12 nitrogen and oxygen atoms in total. The molecule has 1 saturated carbocycles. The first-order valence-corrected chi connectivity index (χ1v) is 15.3. The summed E-state index contributed by atoms with van der Waals surface area (Å²) in [5.41, 5.74) is 4.37. The van der Waals surface area contributed by atoms with Crippen molar-refractivity contribution in [3.63, 3.8) is 0 Å². The predicted octanol–water partition coefficient (Wildman–Crippen LogP) is 5.88. The Bertz CT molecular complexity index is 1790. The number of anilines is 2. The molecule has 0 aliphatic heterocycles. The molecular weight excluding hydrogens is 584 g/mol. The Morgan fingerprint density at radius 2 is 1.87 bits per heavy atom. The van der Waals surface area contributed by atoms with Crippen molar-refractivity contribution in [1.82, 2.24) is 29.3 Å². The number of ether oxygens (including phenoxy) is 3. The summed E-state index contributed by atoms with van der Waals surface area (Å²) in [6.07, 6.45) is 7.73. The van der Waals surface area contributed by atoms with E-state index in [1.165, 1.54) is 0 Å². The van der Waals surface area contributed by atoms with Crippen molar-refractivity contribution in [3.8, 4) is 28.7 Å². The van der Waals surface area contributed by atoms with E-state index in [1.54, 1.807) is 32.9 Å². The molecule has 6 rings (SSSR count). The number of carbonyl (C=O) groups excluding carboxylic acids is 1. The van der Waals surface area contributed by atoms with Crippen molar-refractivity contribution >= 4 is 17.4 Å². The summed E-state index contributed by atoms with van der Waals surface area (Å²) in [4.78, 5) is 23.4. The number of carbonyl (C=O) groups is 1. The second-order valence-electron chi connectivity index (χ2n) is 11.4. The predicted molar refractivity (Wildman–Crippen MR) is 175 cm³/mol. The molecule has 2 N–H and O–H groups in total. The lowest BCUT2D eigenvalue weighted by molar-refractivity contribution is 0.102. The van der Waals surface area contributed by atoms with E-state index in [0.29, 0.717) is 65.7 Å². The van der Waals surface area contributed by atoms with Crippen LogP contribution in [0.3, 0.4) is 0 Å². The number of rotatable bonds is 14. The van der Waals surface area contributed by atoms with E-state index in [4.69, 9.17) is 19.2 Å². The number of methoxy groups -OCH3 is 2. The van der Waals surface area contributed by atoms with Crippen LogP contribution in [0.15, 0.2) is 73.4 Å². The largest absolute Gasteiger partial charge is 0.497 e. The van der Waals surface area contributed by atoms with E-state index in [-0.39, 0.29) is 11.9 Å². The van der Waals surface area contributed by atoms with Crippen molar-refractivity contribution < 1.29 is 19.0 Å². The van der Waals surface area contributed by atoms with Gasteiger partial charge in [-0.3, -0.25) is 4.79 Å². The van der Waals surface area contributed by atoms with Crippen molar-refractivity contribution in [2.75, 3.05) is 38.1 Å². The maximum atomic E-state index is 14.1. The maximum absolute atomic E-state index is 14.1. The highest BCUT2D eigenvalue weighted by Gasteiger charge is 2.27. The number of hydrogen-bond acceptors (Lipinski definition) is 9. The lowest BCUT2D eigenvalue weighted by Crippen LogP contribution is -2.17. The second-order valence-corrected chi connectivity index (χ2v) is 11.4. The Morgan fingerprint density at radius 1 is 1.04 bits per heavy atom. The zero-order valence-corrected chi connectivity index (χ0v) is 26.4. The number of hydrogen-bond donors (Lipinski definition) is 2. The van der Waals surface area contributed by atoms with Crippen LogP contribution in [0, 0.1) is 0 Å². The third-order valence-electron chi connectivity index (χ3n) is 7.76. The number of aromatic nitrogens is 6. The molecule has 238 valence electrons. The van der Waals surface area contributed by atoms with Crippen molar-refractivity contribution in [3.05, 3.63) is 90.3 Å². The number of imidazole rings is 1. The Kier molecular flexibility index (Phi) is 9.25. The average molecular weight is 623 g/mol. The first-order valence-electron chi connectivity index (χ1n) is 15.3. The van der Waals surface area contributed by atoms with Gasteiger partial charge in [-0.2, -0.15) is 0 Å². The fraction of sp³-hybridized carbons (Fsp3) is 0.324. The summed E-state index contributed by atoms with van der Waals surface area (Å²) in [6.45, 7) is 5.33. The van der Waals surface area contributed by atoms with Gasteiger partial charge in [0.05, 0.1) is 42.7 Å². The highest BCUT2D eigenvalue weighted by atomic mass is 16.5. The fourth-order valence-corrected chi connectivity index (χ4v) is 5.07. The first-order chi connectivity index (χ1) is 22.4. The van der Waals surface area contributed by atoms with Crippen LogP contribution in [-0.4, -0.2) is 62.6 Å².